The van der Waals surface area contributed by atoms with Gasteiger partial charge in [-0.2, -0.15) is 0 Å². The van der Waals surface area contributed by atoms with Crippen LogP contribution in [0.3, 0.4) is 0 Å². The molecule has 0 unspecified atom stereocenters. The predicted octanol–water partition coefficient (Wildman–Crippen LogP) is 3.72. The summed E-state index contributed by atoms with van der Waals surface area (Å²) in [5, 5.41) is 3.90. The summed E-state index contributed by atoms with van der Waals surface area (Å²) in [5.41, 5.74) is 5.04. The van der Waals surface area contributed by atoms with Crippen molar-refractivity contribution >= 4 is 16.9 Å². The molecular weight excluding hydrogens is 364 g/mol. The highest BCUT2D eigenvalue weighted by atomic mass is 16.4. The maximum atomic E-state index is 12.4. The van der Waals surface area contributed by atoms with E-state index in [0.717, 1.165) is 28.6 Å². The van der Waals surface area contributed by atoms with Gasteiger partial charge in [0.25, 0.3) is 0 Å². The van der Waals surface area contributed by atoms with Crippen molar-refractivity contribution in [2.24, 2.45) is 0 Å². The lowest BCUT2D eigenvalue weighted by molar-refractivity contribution is -0.121. The number of amides is 1. The number of nitrogens with one attached hydrogen (secondary N) is 1. The largest absolute Gasteiger partial charge is 0.423 e. The Bertz CT molecular complexity index is 1080. The van der Waals surface area contributed by atoms with E-state index in [1.807, 2.05) is 64.3 Å². The number of fused-ring (bicyclic) bond motifs is 1. The minimum absolute atomic E-state index is 0.0764. The van der Waals surface area contributed by atoms with Crippen molar-refractivity contribution in [1.82, 2.24) is 10.2 Å². The molecule has 152 valence electrons. The Balaban J connectivity index is 1.66. The SMILES string of the molecule is Cc1ccc2c(C)c(CCC(=O)NCc3ccccc3CN(C)C)c(=O)oc2c1. The van der Waals surface area contributed by atoms with Crippen LogP contribution in [-0.4, -0.2) is 24.9 Å². The number of hydrogen-bond acceptors (Lipinski definition) is 4. The van der Waals surface area contributed by atoms with Crippen LogP contribution in [0.25, 0.3) is 11.0 Å². The standard InChI is InChI=1S/C24H28N2O3/c1-16-9-10-20-17(2)21(24(28)29-22(20)13-16)11-12-23(27)25-14-18-7-5-6-8-19(18)15-26(3)4/h5-10,13H,11-12,14-15H2,1-4H3,(H,25,27). The van der Waals surface area contributed by atoms with E-state index >= 15 is 0 Å². The Kier molecular flexibility index (Phi) is 6.49. The second-order valence-corrected chi connectivity index (χ2v) is 7.78. The monoisotopic (exact) mass is 392 g/mol. The maximum absolute atomic E-state index is 12.4. The van der Waals surface area contributed by atoms with Gasteiger partial charge in [-0.25, -0.2) is 4.79 Å². The van der Waals surface area contributed by atoms with Gasteiger partial charge in [-0.1, -0.05) is 36.4 Å². The van der Waals surface area contributed by atoms with Crippen LogP contribution in [0.2, 0.25) is 0 Å². The summed E-state index contributed by atoms with van der Waals surface area (Å²) in [4.78, 5) is 26.9. The molecular formula is C24H28N2O3. The number of rotatable bonds is 7. The molecule has 0 saturated carbocycles. The van der Waals surface area contributed by atoms with E-state index in [1.165, 1.54) is 5.56 Å². The highest BCUT2D eigenvalue weighted by Gasteiger charge is 2.13. The number of carbonyl (C=O) groups excluding carboxylic acids is 1. The third kappa shape index (κ3) is 5.12. The van der Waals surface area contributed by atoms with Gasteiger partial charge in [-0.05, 0) is 62.7 Å². The van der Waals surface area contributed by atoms with Crippen LogP contribution in [-0.2, 0) is 24.3 Å². The molecule has 0 spiro atoms. The Hall–Kier alpha value is -2.92. The lowest BCUT2D eigenvalue weighted by atomic mass is 10.0. The van der Waals surface area contributed by atoms with Crippen LogP contribution in [0.15, 0.2) is 51.7 Å². The fraction of sp³-hybridized carbons (Fsp3) is 0.333. The zero-order valence-electron chi connectivity index (χ0n) is 17.5. The lowest BCUT2D eigenvalue weighted by Gasteiger charge is -2.14. The third-order valence-corrected chi connectivity index (χ3v) is 5.13. The van der Waals surface area contributed by atoms with Gasteiger partial charge >= 0.3 is 5.63 Å². The Morgan fingerprint density at radius 3 is 2.52 bits per heavy atom. The van der Waals surface area contributed by atoms with Crippen LogP contribution in [0.4, 0.5) is 0 Å². The molecule has 0 aliphatic heterocycles. The first kappa shape index (κ1) is 20.8. The normalized spacial score (nSPS) is 11.2. The van der Waals surface area contributed by atoms with Crippen LogP contribution >= 0.6 is 0 Å². The first-order chi connectivity index (χ1) is 13.8. The smallest absolute Gasteiger partial charge is 0.339 e. The van der Waals surface area contributed by atoms with Gasteiger partial charge in [0, 0.05) is 30.5 Å². The van der Waals surface area contributed by atoms with Gasteiger partial charge in [-0.15, -0.1) is 0 Å². The Labute approximate surface area is 171 Å². The molecule has 3 rings (SSSR count). The van der Waals surface area contributed by atoms with Crippen molar-refractivity contribution in [2.75, 3.05) is 14.1 Å². The Morgan fingerprint density at radius 2 is 1.79 bits per heavy atom. The fourth-order valence-electron chi connectivity index (χ4n) is 3.54. The second kappa shape index (κ2) is 9.05. The first-order valence-electron chi connectivity index (χ1n) is 9.86. The number of hydrogen-bond donors (Lipinski definition) is 1. The van der Waals surface area contributed by atoms with Crippen molar-refractivity contribution in [1.29, 1.82) is 0 Å². The molecule has 29 heavy (non-hydrogen) atoms. The molecule has 0 saturated heterocycles. The summed E-state index contributed by atoms with van der Waals surface area (Å²) < 4.78 is 5.48. The van der Waals surface area contributed by atoms with Crippen molar-refractivity contribution < 1.29 is 9.21 Å². The van der Waals surface area contributed by atoms with Crippen LogP contribution in [0, 0.1) is 13.8 Å². The summed E-state index contributed by atoms with van der Waals surface area (Å²) in [5.74, 6) is -0.0764. The summed E-state index contributed by atoms with van der Waals surface area (Å²) in [6, 6.07) is 13.9. The van der Waals surface area contributed by atoms with Crippen molar-refractivity contribution in [3.63, 3.8) is 0 Å². The minimum Gasteiger partial charge on any atom is -0.423 e. The van der Waals surface area contributed by atoms with E-state index in [0.29, 0.717) is 24.1 Å². The van der Waals surface area contributed by atoms with Gasteiger partial charge in [0.05, 0.1) is 0 Å². The minimum atomic E-state index is -0.357. The molecule has 0 aliphatic carbocycles. The Morgan fingerprint density at radius 1 is 1.07 bits per heavy atom. The summed E-state index contributed by atoms with van der Waals surface area (Å²) in [6.07, 6.45) is 0.613. The average molecular weight is 392 g/mol. The molecule has 0 bridgehead atoms. The van der Waals surface area contributed by atoms with Gasteiger partial charge in [0.15, 0.2) is 0 Å². The van der Waals surface area contributed by atoms with Crippen molar-refractivity contribution in [3.05, 3.63) is 80.7 Å². The van der Waals surface area contributed by atoms with Gasteiger partial charge in [0.2, 0.25) is 5.91 Å². The lowest BCUT2D eigenvalue weighted by Crippen LogP contribution is -2.25. The zero-order valence-corrected chi connectivity index (χ0v) is 17.5. The number of nitrogens with zero attached hydrogens (tertiary/aromatic N) is 1. The van der Waals surface area contributed by atoms with E-state index in [1.54, 1.807) is 0 Å². The number of benzene rings is 2. The average Bonchev–Trinajstić information content (AvgIpc) is 2.66. The van der Waals surface area contributed by atoms with E-state index < -0.39 is 0 Å². The predicted molar refractivity (Wildman–Crippen MR) is 116 cm³/mol. The van der Waals surface area contributed by atoms with Gasteiger partial charge in [0.1, 0.15) is 5.58 Å². The molecule has 0 radical (unpaired) electrons. The molecule has 5 nitrogen and oxygen atoms in total. The second-order valence-electron chi connectivity index (χ2n) is 7.78. The number of carbonyl (C=O) groups is 1. The zero-order chi connectivity index (χ0) is 21.0. The topological polar surface area (TPSA) is 62.6 Å². The van der Waals surface area contributed by atoms with E-state index in [4.69, 9.17) is 4.42 Å². The maximum Gasteiger partial charge on any atom is 0.339 e. The van der Waals surface area contributed by atoms with Crippen molar-refractivity contribution in [2.45, 2.75) is 39.8 Å². The molecule has 3 aromatic rings. The van der Waals surface area contributed by atoms with E-state index in [2.05, 4.69) is 16.3 Å². The molecule has 0 aliphatic rings. The molecule has 1 aromatic heterocycles. The summed E-state index contributed by atoms with van der Waals surface area (Å²) >= 11 is 0. The quantitative estimate of drug-likeness (QED) is 0.623. The molecule has 0 atom stereocenters. The molecule has 0 fully saturated rings. The molecule has 1 N–H and O–H groups in total. The summed E-state index contributed by atoms with van der Waals surface area (Å²) in [7, 11) is 4.04. The van der Waals surface area contributed by atoms with Crippen LogP contribution < -0.4 is 10.9 Å². The van der Waals surface area contributed by atoms with E-state index in [-0.39, 0.29) is 18.0 Å². The third-order valence-electron chi connectivity index (χ3n) is 5.13. The van der Waals surface area contributed by atoms with Gasteiger partial charge < -0.3 is 14.6 Å². The summed E-state index contributed by atoms with van der Waals surface area (Å²) in [6.45, 7) is 5.18. The number of aryl methyl sites for hydroxylation is 2. The van der Waals surface area contributed by atoms with Crippen LogP contribution in [0.5, 0.6) is 0 Å². The highest BCUT2D eigenvalue weighted by molar-refractivity contribution is 5.82. The highest BCUT2D eigenvalue weighted by Crippen LogP contribution is 2.21. The fourth-order valence-corrected chi connectivity index (χ4v) is 3.54. The molecule has 1 amide bonds. The van der Waals surface area contributed by atoms with Crippen LogP contribution in [0.1, 0.15) is 34.2 Å². The van der Waals surface area contributed by atoms with Crippen molar-refractivity contribution in [3.8, 4) is 0 Å². The van der Waals surface area contributed by atoms with Gasteiger partial charge in [-0.3, -0.25) is 4.79 Å². The van der Waals surface area contributed by atoms with E-state index in [9.17, 15) is 9.59 Å². The molecule has 2 aromatic carbocycles. The first-order valence-corrected chi connectivity index (χ1v) is 9.86. The molecule has 5 heteroatoms. The molecule has 1 heterocycles.